The van der Waals surface area contributed by atoms with Crippen molar-refractivity contribution < 1.29 is 14.3 Å². The van der Waals surface area contributed by atoms with Crippen molar-refractivity contribution >= 4 is 11.6 Å². The van der Waals surface area contributed by atoms with Crippen LogP contribution in [0.4, 0.5) is 5.69 Å². The fourth-order valence-electron chi connectivity index (χ4n) is 2.17. The van der Waals surface area contributed by atoms with Crippen LogP contribution < -0.4 is 5.73 Å². The zero-order valence-electron chi connectivity index (χ0n) is 12.7. The fraction of sp³-hybridized carbons (Fsp3) is 0.533. The Morgan fingerprint density at radius 3 is 2.60 bits per heavy atom. The molecule has 20 heavy (non-hydrogen) atoms. The number of carbonyl (C=O) groups excluding carboxylic acids is 1. The van der Waals surface area contributed by atoms with E-state index in [0.717, 1.165) is 5.56 Å². The first-order chi connectivity index (χ1) is 9.52. The lowest BCUT2D eigenvalue weighted by molar-refractivity contribution is 0.0480. The number of benzene rings is 1. The summed E-state index contributed by atoms with van der Waals surface area (Å²) in [5.74, 6) is -0.0813. The topological polar surface area (TPSA) is 64.8 Å². The number of methoxy groups -OCH3 is 2. The number of rotatable bonds is 7. The van der Waals surface area contributed by atoms with Gasteiger partial charge in [0.15, 0.2) is 0 Å². The van der Waals surface area contributed by atoms with E-state index in [1.807, 2.05) is 26.0 Å². The molecule has 0 aliphatic rings. The maximum atomic E-state index is 12.7. The maximum Gasteiger partial charge on any atom is 0.256 e. The van der Waals surface area contributed by atoms with Crippen molar-refractivity contribution in [3.63, 3.8) is 0 Å². The van der Waals surface area contributed by atoms with Crippen molar-refractivity contribution in [1.82, 2.24) is 4.90 Å². The Morgan fingerprint density at radius 2 is 2.05 bits per heavy atom. The van der Waals surface area contributed by atoms with Crippen molar-refractivity contribution in [1.29, 1.82) is 0 Å². The van der Waals surface area contributed by atoms with Crippen LogP contribution in [0.25, 0.3) is 0 Å². The number of anilines is 1. The van der Waals surface area contributed by atoms with Crippen molar-refractivity contribution in [2.75, 3.05) is 39.7 Å². The molecule has 5 heteroatoms. The summed E-state index contributed by atoms with van der Waals surface area (Å²) < 4.78 is 10.2. The largest absolute Gasteiger partial charge is 0.398 e. The zero-order valence-corrected chi connectivity index (χ0v) is 12.7. The second-order valence-electron chi connectivity index (χ2n) is 4.83. The molecule has 1 aromatic carbocycles. The number of amides is 1. The van der Waals surface area contributed by atoms with Gasteiger partial charge in [-0.2, -0.15) is 0 Å². The number of carbonyl (C=O) groups is 1. The van der Waals surface area contributed by atoms with Gasteiger partial charge in [-0.05, 0) is 25.5 Å². The van der Waals surface area contributed by atoms with Crippen molar-refractivity contribution in [3.05, 3.63) is 29.3 Å². The molecule has 0 aromatic heterocycles. The van der Waals surface area contributed by atoms with Gasteiger partial charge in [0.25, 0.3) is 5.91 Å². The van der Waals surface area contributed by atoms with Gasteiger partial charge in [0.05, 0.1) is 24.8 Å². The Kier molecular flexibility index (Phi) is 6.48. The highest BCUT2D eigenvalue weighted by Gasteiger charge is 2.24. The zero-order chi connectivity index (χ0) is 15.1. The first kappa shape index (κ1) is 16.5. The third-order valence-corrected chi connectivity index (χ3v) is 3.26. The summed E-state index contributed by atoms with van der Waals surface area (Å²) >= 11 is 0. The van der Waals surface area contributed by atoms with Gasteiger partial charge in [0, 0.05) is 26.5 Å². The Bertz CT molecular complexity index is 428. The Hall–Kier alpha value is -1.59. The molecule has 0 spiro atoms. The van der Waals surface area contributed by atoms with Gasteiger partial charge >= 0.3 is 0 Å². The van der Waals surface area contributed by atoms with Gasteiger partial charge in [0.1, 0.15) is 0 Å². The summed E-state index contributed by atoms with van der Waals surface area (Å²) in [6.45, 7) is 5.30. The lowest BCUT2D eigenvalue weighted by atomic mass is 10.0. The fourth-order valence-corrected chi connectivity index (χ4v) is 2.17. The van der Waals surface area contributed by atoms with Gasteiger partial charge in [-0.25, -0.2) is 0 Å². The quantitative estimate of drug-likeness (QED) is 0.772. The summed E-state index contributed by atoms with van der Waals surface area (Å²) in [4.78, 5) is 14.5. The minimum Gasteiger partial charge on any atom is -0.398 e. The van der Waals surface area contributed by atoms with Crippen LogP contribution in [0.3, 0.4) is 0 Å². The van der Waals surface area contributed by atoms with Crippen LogP contribution in [-0.4, -0.2) is 50.8 Å². The predicted molar refractivity (Wildman–Crippen MR) is 79.8 cm³/mol. The molecular formula is C15H24N2O3. The molecule has 0 fully saturated rings. The van der Waals surface area contributed by atoms with Gasteiger partial charge < -0.3 is 20.1 Å². The summed E-state index contributed by atoms with van der Waals surface area (Å²) in [7, 11) is 3.24. The van der Waals surface area contributed by atoms with Crippen LogP contribution in [0.1, 0.15) is 22.8 Å². The third kappa shape index (κ3) is 3.95. The van der Waals surface area contributed by atoms with E-state index in [-0.39, 0.29) is 11.9 Å². The molecular weight excluding hydrogens is 256 g/mol. The molecule has 0 saturated heterocycles. The number of nitrogen functional groups attached to an aromatic ring is 1. The van der Waals surface area contributed by atoms with Crippen LogP contribution in [0.5, 0.6) is 0 Å². The molecule has 1 amide bonds. The Morgan fingerprint density at radius 1 is 1.35 bits per heavy atom. The molecule has 0 aliphatic heterocycles. The summed E-state index contributed by atoms with van der Waals surface area (Å²) in [6.07, 6.45) is 0. The number of ether oxygens (including phenoxy) is 2. The van der Waals surface area contributed by atoms with Gasteiger partial charge in [-0.1, -0.05) is 12.1 Å². The van der Waals surface area contributed by atoms with E-state index in [9.17, 15) is 4.79 Å². The van der Waals surface area contributed by atoms with E-state index in [1.165, 1.54) is 0 Å². The SMILES string of the molecule is COCCN(C(=O)c1c(C)cccc1N)C(C)COC. The van der Waals surface area contributed by atoms with Crippen molar-refractivity contribution in [2.24, 2.45) is 0 Å². The second-order valence-corrected chi connectivity index (χ2v) is 4.83. The molecule has 0 radical (unpaired) electrons. The van der Waals surface area contributed by atoms with E-state index in [0.29, 0.717) is 31.0 Å². The molecule has 1 rings (SSSR count). The first-order valence-electron chi connectivity index (χ1n) is 6.66. The van der Waals surface area contributed by atoms with Crippen molar-refractivity contribution in [3.8, 4) is 0 Å². The molecule has 0 heterocycles. The van der Waals surface area contributed by atoms with Crippen LogP contribution >= 0.6 is 0 Å². The highest BCUT2D eigenvalue weighted by atomic mass is 16.5. The lowest BCUT2D eigenvalue weighted by Gasteiger charge is -2.29. The number of nitrogens with two attached hydrogens (primary N) is 1. The Balaban J connectivity index is 3.03. The van der Waals surface area contributed by atoms with E-state index in [2.05, 4.69) is 0 Å². The standard InChI is InChI=1S/C15H24N2O3/c1-11-6-5-7-13(16)14(11)15(18)17(8-9-19-3)12(2)10-20-4/h5-7,12H,8-10,16H2,1-4H3. The molecule has 0 aliphatic carbocycles. The minimum atomic E-state index is -0.0813. The highest BCUT2D eigenvalue weighted by Crippen LogP contribution is 2.19. The number of hydrogen-bond acceptors (Lipinski definition) is 4. The van der Waals surface area contributed by atoms with Crippen LogP contribution in [0.2, 0.25) is 0 Å². The minimum absolute atomic E-state index is 0.0401. The first-order valence-corrected chi connectivity index (χ1v) is 6.66. The average molecular weight is 280 g/mol. The van der Waals surface area contributed by atoms with Crippen LogP contribution in [0, 0.1) is 6.92 Å². The Labute approximate surface area is 120 Å². The van der Waals surface area contributed by atoms with E-state index in [1.54, 1.807) is 25.2 Å². The summed E-state index contributed by atoms with van der Waals surface area (Å²) in [5.41, 5.74) is 7.89. The second kappa shape index (κ2) is 7.87. The molecule has 0 bridgehead atoms. The van der Waals surface area contributed by atoms with Gasteiger partial charge in [-0.15, -0.1) is 0 Å². The monoisotopic (exact) mass is 280 g/mol. The van der Waals surface area contributed by atoms with E-state index in [4.69, 9.17) is 15.2 Å². The highest BCUT2D eigenvalue weighted by molar-refractivity contribution is 6.00. The van der Waals surface area contributed by atoms with Crippen LogP contribution in [-0.2, 0) is 9.47 Å². The number of hydrogen-bond donors (Lipinski definition) is 1. The molecule has 1 atom stereocenters. The molecule has 2 N–H and O–H groups in total. The van der Waals surface area contributed by atoms with Gasteiger partial charge in [-0.3, -0.25) is 4.79 Å². The van der Waals surface area contributed by atoms with E-state index < -0.39 is 0 Å². The molecule has 1 aromatic rings. The van der Waals surface area contributed by atoms with Crippen molar-refractivity contribution in [2.45, 2.75) is 19.9 Å². The predicted octanol–water partition coefficient (Wildman–Crippen LogP) is 1.70. The molecule has 1 unspecified atom stereocenters. The molecule has 5 nitrogen and oxygen atoms in total. The molecule has 0 saturated carbocycles. The number of nitrogens with zero attached hydrogens (tertiary/aromatic N) is 1. The number of aryl methyl sites for hydroxylation is 1. The van der Waals surface area contributed by atoms with Crippen LogP contribution in [0.15, 0.2) is 18.2 Å². The average Bonchev–Trinajstić information content (AvgIpc) is 2.39. The summed E-state index contributed by atoms with van der Waals surface area (Å²) in [5, 5.41) is 0. The van der Waals surface area contributed by atoms with E-state index >= 15 is 0 Å². The van der Waals surface area contributed by atoms with Gasteiger partial charge in [0.2, 0.25) is 0 Å². The smallest absolute Gasteiger partial charge is 0.256 e. The normalized spacial score (nSPS) is 12.2. The molecule has 112 valence electrons. The summed E-state index contributed by atoms with van der Waals surface area (Å²) in [6, 6.07) is 5.44. The maximum absolute atomic E-state index is 12.7. The third-order valence-electron chi connectivity index (χ3n) is 3.26. The lowest BCUT2D eigenvalue weighted by Crippen LogP contribution is -2.43.